The first-order valence-corrected chi connectivity index (χ1v) is 11.1. The molecule has 2 aromatic heterocycles. The minimum atomic E-state index is -1.22. The average molecular weight is 451 g/mol. The molecule has 1 aromatic carbocycles. The van der Waals surface area contributed by atoms with Crippen LogP contribution in [-0.2, 0) is 17.8 Å². The number of carbonyl (C=O) groups is 1. The van der Waals surface area contributed by atoms with Crippen LogP contribution < -0.4 is 16.3 Å². The minimum Gasteiger partial charge on any atom is -0.595 e. The van der Waals surface area contributed by atoms with E-state index < -0.39 is 10.8 Å². The third kappa shape index (κ3) is 4.08. The standard InChI is InChI=1S/C23H25N5O5/c29-21(7-3-6-20-24-17-5-2-1-4-16(17)22(30)25-20)26-11-14-10-15(13-26)18-8-9-19(28(32)33)23(31)27(18)12-14/h1-2,4-5,8-9,14-15,28,32H,3,6-7,10-13H2,(H,24,25,30). The van der Waals surface area contributed by atoms with E-state index in [1.807, 2.05) is 11.0 Å². The molecule has 0 aliphatic carbocycles. The second-order valence-electron chi connectivity index (χ2n) is 8.87. The largest absolute Gasteiger partial charge is 0.595 e. The van der Waals surface area contributed by atoms with Crippen molar-refractivity contribution in [3.05, 3.63) is 73.8 Å². The zero-order valence-electron chi connectivity index (χ0n) is 18.0. The third-order valence-corrected chi connectivity index (χ3v) is 6.65. The SMILES string of the molecule is O=C(CCCc1nc2ccccc2c(=O)[nH]1)N1CC2CC(C1)c1ccc([NH+]([O-])O)c(=O)n1C2. The summed E-state index contributed by atoms with van der Waals surface area (Å²) in [5.41, 5.74) is 0.590. The summed E-state index contributed by atoms with van der Waals surface area (Å²) in [6, 6.07) is 10.2. The van der Waals surface area contributed by atoms with Crippen molar-refractivity contribution in [3.63, 3.8) is 0 Å². The van der Waals surface area contributed by atoms with Gasteiger partial charge >= 0.3 is 5.56 Å². The van der Waals surface area contributed by atoms with Gasteiger partial charge in [-0.1, -0.05) is 12.1 Å². The monoisotopic (exact) mass is 451 g/mol. The average Bonchev–Trinajstić information content (AvgIpc) is 2.79. The van der Waals surface area contributed by atoms with Gasteiger partial charge in [-0.15, -0.1) is 0 Å². The molecule has 5 rings (SSSR count). The van der Waals surface area contributed by atoms with Crippen LogP contribution in [0, 0.1) is 11.1 Å². The van der Waals surface area contributed by atoms with Crippen LogP contribution in [0.3, 0.4) is 0 Å². The highest BCUT2D eigenvalue weighted by molar-refractivity contribution is 5.77. The smallest absolute Gasteiger partial charge is 0.315 e. The highest BCUT2D eigenvalue weighted by Gasteiger charge is 2.37. The van der Waals surface area contributed by atoms with Crippen LogP contribution in [0.15, 0.2) is 46.0 Å². The number of hydrogen-bond donors (Lipinski definition) is 3. The van der Waals surface area contributed by atoms with Crippen molar-refractivity contribution >= 4 is 22.5 Å². The molecule has 4 heterocycles. The molecule has 0 spiro atoms. The van der Waals surface area contributed by atoms with E-state index in [9.17, 15) is 24.8 Å². The molecule has 1 amide bonds. The number of pyridine rings is 1. The molecular formula is C23H25N5O5. The predicted octanol–water partition coefficient (Wildman–Crippen LogP) is 0.457. The first-order valence-electron chi connectivity index (χ1n) is 11.1. The van der Waals surface area contributed by atoms with E-state index in [1.54, 1.807) is 28.8 Å². The van der Waals surface area contributed by atoms with Gasteiger partial charge in [-0.2, -0.15) is 5.23 Å². The molecule has 172 valence electrons. The van der Waals surface area contributed by atoms with Crippen molar-refractivity contribution in [3.8, 4) is 0 Å². The lowest BCUT2D eigenvalue weighted by molar-refractivity contribution is -0.992. The summed E-state index contributed by atoms with van der Waals surface area (Å²) >= 11 is 0. The molecule has 1 fully saturated rings. The molecule has 3 N–H and O–H groups in total. The number of quaternary nitrogens is 1. The van der Waals surface area contributed by atoms with E-state index in [2.05, 4.69) is 9.97 Å². The zero-order chi connectivity index (χ0) is 23.1. The quantitative estimate of drug-likeness (QED) is 0.482. The second-order valence-corrected chi connectivity index (χ2v) is 8.87. The van der Waals surface area contributed by atoms with E-state index in [1.165, 1.54) is 6.07 Å². The third-order valence-electron chi connectivity index (χ3n) is 6.65. The lowest BCUT2D eigenvalue weighted by Crippen LogP contribution is -3.00. The van der Waals surface area contributed by atoms with Crippen molar-refractivity contribution in [2.45, 2.75) is 38.1 Å². The second kappa shape index (κ2) is 8.54. The van der Waals surface area contributed by atoms with Crippen molar-refractivity contribution in [2.24, 2.45) is 5.92 Å². The number of likely N-dealkylation sites (tertiary alicyclic amines) is 1. The number of rotatable bonds is 5. The van der Waals surface area contributed by atoms with Gasteiger partial charge in [0.15, 0.2) is 0 Å². The number of para-hydroxylation sites is 1. The lowest BCUT2D eigenvalue weighted by Gasteiger charge is -2.43. The number of benzene rings is 1. The summed E-state index contributed by atoms with van der Waals surface area (Å²) in [6.45, 7) is 1.51. The summed E-state index contributed by atoms with van der Waals surface area (Å²) < 4.78 is 1.58. The van der Waals surface area contributed by atoms with Crippen molar-refractivity contribution in [2.75, 3.05) is 13.1 Å². The molecule has 3 unspecified atom stereocenters. The van der Waals surface area contributed by atoms with E-state index in [0.717, 1.165) is 12.1 Å². The topological polar surface area (TPSA) is 136 Å². The van der Waals surface area contributed by atoms with Crippen LogP contribution in [0.1, 0.15) is 36.7 Å². The molecule has 33 heavy (non-hydrogen) atoms. The van der Waals surface area contributed by atoms with E-state index in [4.69, 9.17) is 0 Å². The molecule has 2 aliphatic rings. The van der Waals surface area contributed by atoms with Gasteiger partial charge < -0.3 is 19.7 Å². The van der Waals surface area contributed by atoms with Crippen molar-refractivity contribution in [1.29, 1.82) is 0 Å². The van der Waals surface area contributed by atoms with Gasteiger partial charge in [0.2, 0.25) is 11.6 Å². The molecule has 10 heteroatoms. The molecular weight excluding hydrogens is 426 g/mol. The number of fused-ring (bicyclic) bond motifs is 5. The van der Waals surface area contributed by atoms with Crippen LogP contribution in [0.25, 0.3) is 10.9 Å². The Hall–Kier alpha value is -3.34. The summed E-state index contributed by atoms with van der Waals surface area (Å²) in [4.78, 5) is 46.8. The maximum Gasteiger partial charge on any atom is 0.315 e. The molecule has 3 aromatic rings. The molecule has 2 bridgehead atoms. The van der Waals surface area contributed by atoms with E-state index >= 15 is 0 Å². The Morgan fingerprint density at radius 3 is 2.82 bits per heavy atom. The Morgan fingerprint density at radius 2 is 2.00 bits per heavy atom. The number of piperidine rings is 1. The number of hydrogen-bond acceptors (Lipinski definition) is 6. The van der Waals surface area contributed by atoms with Crippen molar-refractivity contribution in [1.82, 2.24) is 19.4 Å². The normalized spacial score (nSPS) is 20.5. The Kier molecular flexibility index (Phi) is 5.57. The number of carbonyl (C=O) groups excluding carboxylic acids is 1. The first kappa shape index (κ1) is 21.5. The van der Waals surface area contributed by atoms with E-state index in [0.29, 0.717) is 55.6 Å². The van der Waals surface area contributed by atoms with Crippen LogP contribution in [0.4, 0.5) is 5.69 Å². The van der Waals surface area contributed by atoms with Gasteiger partial charge in [-0.05, 0) is 37.0 Å². The van der Waals surface area contributed by atoms with E-state index in [-0.39, 0.29) is 29.0 Å². The van der Waals surface area contributed by atoms with Gasteiger partial charge in [0.05, 0.1) is 10.9 Å². The fourth-order valence-corrected chi connectivity index (χ4v) is 5.13. The van der Waals surface area contributed by atoms with Crippen LogP contribution in [-0.4, -0.2) is 43.6 Å². The zero-order valence-corrected chi connectivity index (χ0v) is 18.0. The van der Waals surface area contributed by atoms with Gasteiger partial charge in [0, 0.05) is 50.2 Å². The van der Waals surface area contributed by atoms with Crippen molar-refractivity contribution < 1.29 is 15.2 Å². The summed E-state index contributed by atoms with van der Waals surface area (Å²) in [5, 5.41) is 19.8. The number of aromatic nitrogens is 3. The highest BCUT2D eigenvalue weighted by Crippen LogP contribution is 2.35. The Bertz CT molecular complexity index is 1330. The summed E-state index contributed by atoms with van der Waals surface area (Å²) in [7, 11) is 0. The van der Waals surface area contributed by atoms with Crippen LogP contribution >= 0.6 is 0 Å². The van der Waals surface area contributed by atoms with Gasteiger partial charge in [-0.25, -0.2) is 10.2 Å². The number of amides is 1. The number of H-pyrrole nitrogens is 1. The molecule has 0 saturated carbocycles. The highest BCUT2D eigenvalue weighted by atomic mass is 16.8. The minimum absolute atomic E-state index is 0.0236. The maximum atomic E-state index is 12.9. The number of nitrogens with one attached hydrogen (secondary N) is 2. The molecule has 3 atom stereocenters. The number of aromatic amines is 1. The predicted molar refractivity (Wildman–Crippen MR) is 119 cm³/mol. The Labute approximate surface area is 188 Å². The summed E-state index contributed by atoms with van der Waals surface area (Å²) in [5.74, 6) is 0.770. The van der Waals surface area contributed by atoms with Gasteiger partial charge in [0.1, 0.15) is 5.82 Å². The lowest BCUT2D eigenvalue weighted by atomic mass is 9.83. The Balaban J connectivity index is 1.24. The van der Waals surface area contributed by atoms with Gasteiger partial charge in [0.25, 0.3) is 5.56 Å². The number of nitrogens with zero attached hydrogens (tertiary/aromatic N) is 3. The first-order chi connectivity index (χ1) is 15.9. The number of aryl methyl sites for hydroxylation is 1. The fraction of sp³-hybridized carbons (Fsp3) is 0.391. The van der Waals surface area contributed by atoms with Crippen LogP contribution in [0.2, 0.25) is 0 Å². The molecule has 0 radical (unpaired) electrons. The van der Waals surface area contributed by atoms with Crippen LogP contribution in [0.5, 0.6) is 0 Å². The maximum absolute atomic E-state index is 12.9. The molecule has 1 saturated heterocycles. The fourth-order valence-electron chi connectivity index (χ4n) is 5.13. The Morgan fingerprint density at radius 1 is 1.18 bits per heavy atom. The molecule has 10 nitrogen and oxygen atoms in total. The summed E-state index contributed by atoms with van der Waals surface area (Å²) in [6.07, 6.45) is 2.31. The van der Waals surface area contributed by atoms with Gasteiger partial charge in [-0.3, -0.25) is 14.4 Å². The molecule has 2 aliphatic heterocycles.